The van der Waals surface area contributed by atoms with Crippen molar-refractivity contribution in [2.75, 3.05) is 19.7 Å². The van der Waals surface area contributed by atoms with Gasteiger partial charge in [-0.2, -0.15) is 0 Å². The number of benzene rings is 1. The van der Waals surface area contributed by atoms with Crippen LogP contribution < -0.4 is 15.9 Å². The minimum atomic E-state index is -0.300. The van der Waals surface area contributed by atoms with Crippen molar-refractivity contribution < 1.29 is 13.9 Å². The van der Waals surface area contributed by atoms with Gasteiger partial charge in [0.2, 0.25) is 0 Å². The van der Waals surface area contributed by atoms with E-state index in [2.05, 4.69) is 0 Å². The zero-order chi connectivity index (χ0) is 23.4. The molecule has 3 aliphatic rings. The second kappa shape index (κ2) is 8.31. The Hall–Kier alpha value is -3.06. The summed E-state index contributed by atoms with van der Waals surface area (Å²) < 4.78 is 13.2. The van der Waals surface area contributed by atoms with Gasteiger partial charge in [-0.25, -0.2) is 4.79 Å². The van der Waals surface area contributed by atoms with Crippen molar-refractivity contribution >= 4 is 28.5 Å². The summed E-state index contributed by atoms with van der Waals surface area (Å²) >= 11 is 6.50. The fourth-order valence-corrected chi connectivity index (χ4v) is 6.10. The predicted octanol–water partition coefficient (Wildman–Crippen LogP) is 3.51. The van der Waals surface area contributed by atoms with Crippen LogP contribution in [0.4, 0.5) is 0 Å². The average Bonchev–Trinajstić information content (AvgIpc) is 2.84. The molecule has 2 atom stereocenters. The van der Waals surface area contributed by atoms with Crippen LogP contribution in [0, 0.1) is 5.92 Å². The molecule has 176 valence electrons. The van der Waals surface area contributed by atoms with Gasteiger partial charge in [-0.1, -0.05) is 17.7 Å². The summed E-state index contributed by atoms with van der Waals surface area (Å²) in [6.07, 6.45) is 4.57. The van der Waals surface area contributed by atoms with Gasteiger partial charge in [0.05, 0.1) is 5.02 Å². The summed E-state index contributed by atoms with van der Waals surface area (Å²) in [6.45, 7) is 1.65. The van der Waals surface area contributed by atoms with E-state index in [1.165, 1.54) is 0 Å². The van der Waals surface area contributed by atoms with Crippen molar-refractivity contribution in [1.82, 2.24) is 9.47 Å². The fourth-order valence-electron chi connectivity index (χ4n) is 5.89. The lowest BCUT2D eigenvalue weighted by molar-refractivity contribution is -0.136. The minimum absolute atomic E-state index is 0.0224. The van der Waals surface area contributed by atoms with Crippen molar-refractivity contribution in [3.05, 3.63) is 72.9 Å². The number of fused-ring (bicyclic) bond motifs is 7. The molecular formula is C26H25ClN2O5. The van der Waals surface area contributed by atoms with E-state index in [0.717, 1.165) is 54.3 Å². The summed E-state index contributed by atoms with van der Waals surface area (Å²) in [5.74, 6) is 0.607. The molecule has 0 N–H and O–H groups in total. The highest BCUT2D eigenvalue weighted by Crippen LogP contribution is 2.36. The predicted molar refractivity (Wildman–Crippen MR) is 128 cm³/mol. The quantitative estimate of drug-likeness (QED) is 0.536. The molecule has 2 bridgehead atoms. The number of carbonyl (C=O) groups excluding carboxylic acids is 1. The summed E-state index contributed by atoms with van der Waals surface area (Å²) in [7, 11) is 0. The fraction of sp³-hybridized carbons (Fsp3) is 0.423. The molecule has 7 nitrogen and oxygen atoms in total. The third-order valence-electron chi connectivity index (χ3n) is 7.46. The number of pyridine rings is 1. The molecule has 3 aromatic rings. The summed E-state index contributed by atoms with van der Waals surface area (Å²) in [5.41, 5.74) is 2.92. The monoisotopic (exact) mass is 480 g/mol. The lowest BCUT2D eigenvalue weighted by Gasteiger charge is -2.42. The molecule has 1 saturated heterocycles. The Kier molecular flexibility index (Phi) is 5.25. The van der Waals surface area contributed by atoms with Crippen molar-refractivity contribution in [2.24, 2.45) is 5.92 Å². The van der Waals surface area contributed by atoms with Crippen LogP contribution in [-0.4, -0.2) is 35.1 Å². The van der Waals surface area contributed by atoms with Crippen LogP contribution in [0.2, 0.25) is 5.02 Å². The van der Waals surface area contributed by atoms with Gasteiger partial charge in [-0.05, 0) is 55.7 Å². The third-order valence-corrected chi connectivity index (χ3v) is 7.76. The van der Waals surface area contributed by atoms with Gasteiger partial charge in [0.1, 0.15) is 11.3 Å². The maximum absolute atomic E-state index is 13.0. The van der Waals surface area contributed by atoms with Crippen molar-refractivity contribution in [3.8, 4) is 5.75 Å². The van der Waals surface area contributed by atoms with Crippen LogP contribution >= 0.6 is 11.6 Å². The lowest BCUT2D eigenvalue weighted by Crippen LogP contribution is -2.50. The van der Waals surface area contributed by atoms with Gasteiger partial charge < -0.3 is 18.6 Å². The molecule has 1 fully saturated rings. The van der Waals surface area contributed by atoms with Crippen LogP contribution in [0.3, 0.4) is 0 Å². The first-order chi connectivity index (χ1) is 16.5. The second-order valence-electron chi connectivity index (χ2n) is 9.62. The smallest absolute Gasteiger partial charge is 0.339 e. The Morgan fingerprint density at radius 2 is 1.91 bits per heavy atom. The number of amides is 1. The second-order valence-corrected chi connectivity index (χ2v) is 10.0. The summed E-state index contributed by atoms with van der Waals surface area (Å²) in [4.78, 5) is 39.5. The highest BCUT2D eigenvalue weighted by molar-refractivity contribution is 6.32. The van der Waals surface area contributed by atoms with Gasteiger partial charge in [0.25, 0.3) is 11.5 Å². The molecule has 1 aromatic carbocycles. The Labute approximate surface area is 200 Å². The SMILES string of the molecule is O=C(COc1cc2oc(=O)c3c(c2cc1Cl)CCCC3)N1CC2CC(C1)c1cccc(=O)n1C2. The summed E-state index contributed by atoms with van der Waals surface area (Å²) in [5, 5.41) is 1.24. The number of piperidine rings is 1. The Bertz CT molecular complexity index is 1430. The number of nitrogens with zero attached hydrogens (tertiary/aromatic N) is 2. The zero-order valence-corrected chi connectivity index (χ0v) is 19.5. The molecule has 8 heteroatoms. The molecule has 1 amide bonds. The van der Waals surface area contributed by atoms with E-state index in [0.29, 0.717) is 36.0 Å². The van der Waals surface area contributed by atoms with E-state index in [1.807, 2.05) is 15.5 Å². The Morgan fingerprint density at radius 1 is 1.09 bits per heavy atom. The molecule has 6 rings (SSSR count). The topological polar surface area (TPSA) is 81.8 Å². The lowest BCUT2D eigenvalue weighted by atomic mass is 9.83. The molecule has 2 aromatic heterocycles. The number of hydrogen-bond donors (Lipinski definition) is 0. The van der Waals surface area contributed by atoms with Crippen molar-refractivity contribution in [1.29, 1.82) is 0 Å². The number of likely N-dealkylation sites (tertiary alicyclic amines) is 1. The van der Waals surface area contributed by atoms with Crippen LogP contribution in [0.15, 0.2) is 44.3 Å². The maximum Gasteiger partial charge on any atom is 0.339 e. The highest BCUT2D eigenvalue weighted by atomic mass is 35.5. The van der Waals surface area contributed by atoms with E-state index in [1.54, 1.807) is 24.3 Å². The van der Waals surface area contributed by atoms with Crippen LogP contribution in [0.5, 0.6) is 5.75 Å². The zero-order valence-electron chi connectivity index (χ0n) is 18.7. The number of aryl methyl sites for hydroxylation is 1. The number of ether oxygens (including phenoxy) is 1. The van der Waals surface area contributed by atoms with Crippen molar-refractivity contribution in [2.45, 2.75) is 44.6 Å². The molecule has 4 heterocycles. The Balaban J connectivity index is 1.20. The molecule has 2 aliphatic heterocycles. The largest absolute Gasteiger partial charge is 0.482 e. The molecule has 0 spiro atoms. The molecular weight excluding hydrogens is 456 g/mol. The van der Waals surface area contributed by atoms with Crippen LogP contribution in [-0.2, 0) is 24.2 Å². The number of rotatable bonds is 3. The van der Waals surface area contributed by atoms with Gasteiger partial charge in [-0.15, -0.1) is 0 Å². The van der Waals surface area contributed by atoms with Gasteiger partial charge >= 0.3 is 5.63 Å². The highest BCUT2D eigenvalue weighted by Gasteiger charge is 2.36. The van der Waals surface area contributed by atoms with Crippen LogP contribution in [0.1, 0.15) is 42.0 Å². The average molecular weight is 481 g/mol. The minimum Gasteiger partial charge on any atom is -0.482 e. The Morgan fingerprint density at radius 3 is 2.76 bits per heavy atom. The van der Waals surface area contributed by atoms with E-state index < -0.39 is 0 Å². The first kappa shape index (κ1) is 21.5. The number of aromatic nitrogens is 1. The molecule has 2 unspecified atom stereocenters. The first-order valence-corrected chi connectivity index (χ1v) is 12.2. The molecule has 0 saturated carbocycles. The van der Waals surface area contributed by atoms with E-state index >= 15 is 0 Å². The standard InChI is InChI=1S/C26H25ClN2O5/c27-20-9-19-17-4-1-2-5-18(17)26(32)34-22(19)10-23(20)33-14-25(31)28-11-15-8-16(13-28)21-6-3-7-24(30)29(21)12-15/h3,6-7,9-10,15-16H,1-2,4-5,8,11-14H2. The van der Waals surface area contributed by atoms with E-state index in [4.69, 9.17) is 20.8 Å². The van der Waals surface area contributed by atoms with Crippen LogP contribution in [0.25, 0.3) is 11.0 Å². The first-order valence-electron chi connectivity index (χ1n) is 11.9. The molecule has 0 radical (unpaired) electrons. The summed E-state index contributed by atoms with van der Waals surface area (Å²) in [6, 6.07) is 8.76. The van der Waals surface area contributed by atoms with E-state index in [9.17, 15) is 14.4 Å². The van der Waals surface area contributed by atoms with E-state index in [-0.39, 0.29) is 35.5 Å². The van der Waals surface area contributed by atoms with Gasteiger partial charge in [-0.3, -0.25) is 9.59 Å². The third kappa shape index (κ3) is 3.63. The van der Waals surface area contributed by atoms with Gasteiger partial charge in [0.15, 0.2) is 6.61 Å². The molecule has 1 aliphatic carbocycles. The van der Waals surface area contributed by atoms with Crippen molar-refractivity contribution in [3.63, 3.8) is 0 Å². The van der Waals surface area contributed by atoms with Gasteiger partial charge in [0, 0.05) is 54.3 Å². The number of hydrogen-bond acceptors (Lipinski definition) is 5. The number of halogens is 1. The molecule has 34 heavy (non-hydrogen) atoms. The normalized spacial score (nSPS) is 21.1. The number of carbonyl (C=O) groups is 1. The maximum atomic E-state index is 13.0.